The Labute approximate surface area is 168 Å². The van der Waals surface area contributed by atoms with Crippen LogP contribution >= 0.6 is 0 Å². The highest BCUT2D eigenvalue weighted by molar-refractivity contribution is 6.62. The molecule has 0 saturated carbocycles. The molecule has 1 aromatic rings. The van der Waals surface area contributed by atoms with Crippen LogP contribution in [0.4, 0.5) is 0 Å². The molecule has 0 atom stereocenters. The molecule has 5 nitrogen and oxygen atoms in total. The molecule has 0 amide bonds. The SMILES string of the molecule is CCc1c(C=C2CCN(CC(=O)O)CC2)cccc1B1OC(C)(C)C(C)(C)O1. The van der Waals surface area contributed by atoms with Gasteiger partial charge in [0.05, 0.1) is 17.7 Å². The number of hydrogen-bond acceptors (Lipinski definition) is 4. The summed E-state index contributed by atoms with van der Waals surface area (Å²) in [5, 5.41) is 8.96. The third-order valence-corrected chi connectivity index (χ3v) is 6.33. The van der Waals surface area contributed by atoms with E-state index in [1.165, 1.54) is 16.7 Å². The molecule has 0 unspecified atom stereocenters. The average Bonchev–Trinajstić information content (AvgIpc) is 2.83. The predicted molar refractivity (Wildman–Crippen MR) is 113 cm³/mol. The lowest BCUT2D eigenvalue weighted by Crippen LogP contribution is -2.41. The summed E-state index contributed by atoms with van der Waals surface area (Å²) in [5.74, 6) is -0.754. The van der Waals surface area contributed by atoms with E-state index in [4.69, 9.17) is 14.4 Å². The zero-order valence-corrected chi connectivity index (χ0v) is 17.7. The summed E-state index contributed by atoms with van der Waals surface area (Å²) in [7, 11) is -0.351. The first-order valence-electron chi connectivity index (χ1n) is 10.2. The minimum absolute atomic E-state index is 0.130. The van der Waals surface area contributed by atoms with Gasteiger partial charge in [-0.15, -0.1) is 0 Å². The zero-order chi connectivity index (χ0) is 20.5. The highest BCUT2D eigenvalue weighted by Crippen LogP contribution is 2.37. The largest absolute Gasteiger partial charge is 0.495 e. The van der Waals surface area contributed by atoms with E-state index in [1.54, 1.807) is 0 Å². The third kappa shape index (κ3) is 4.34. The summed E-state index contributed by atoms with van der Waals surface area (Å²) < 4.78 is 12.6. The minimum atomic E-state index is -0.754. The van der Waals surface area contributed by atoms with Gasteiger partial charge in [0.15, 0.2) is 0 Å². The van der Waals surface area contributed by atoms with Crippen molar-refractivity contribution in [1.82, 2.24) is 4.90 Å². The lowest BCUT2D eigenvalue weighted by Gasteiger charge is -2.32. The standard InChI is InChI=1S/C22H32BNO4/c1-6-18-17(14-16-10-12-24(13-11-16)15-20(25)26)8-7-9-19(18)23-27-21(2,3)22(4,5)28-23/h7-9,14H,6,10-13,15H2,1-5H3,(H,25,26). The van der Waals surface area contributed by atoms with Gasteiger partial charge in [0.25, 0.3) is 0 Å². The van der Waals surface area contributed by atoms with Gasteiger partial charge in [0, 0.05) is 13.1 Å². The van der Waals surface area contributed by atoms with Crippen molar-refractivity contribution < 1.29 is 19.2 Å². The summed E-state index contributed by atoms with van der Waals surface area (Å²) in [6.07, 6.45) is 5.02. The molecule has 1 N–H and O–H groups in total. The lowest BCUT2D eigenvalue weighted by molar-refractivity contribution is -0.138. The second kappa shape index (κ2) is 8.01. The molecular formula is C22H32BNO4. The van der Waals surface area contributed by atoms with Gasteiger partial charge in [-0.3, -0.25) is 9.69 Å². The molecule has 0 spiro atoms. The van der Waals surface area contributed by atoms with Crippen LogP contribution in [0.2, 0.25) is 0 Å². The Kier molecular flexibility index (Phi) is 6.04. The number of aliphatic carboxylic acids is 1. The van der Waals surface area contributed by atoms with E-state index in [1.807, 2.05) is 4.90 Å². The molecule has 0 bridgehead atoms. The smallest absolute Gasteiger partial charge is 0.480 e. The molecule has 6 heteroatoms. The van der Waals surface area contributed by atoms with E-state index in [-0.39, 0.29) is 24.9 Å². The Hall–Kier alpha value is -1.63. The van der Waals surface area contributed by atoms with Crippen LogP contribution in [-0.2, 0) is 20.5 Å². The fourth-order valence-corrected chi connectivity index (χ4v) is 3.91. The number of nitrogens with zero attached hydrogens (tertiary/aromatic N) is 1. The van der Waals surface area contributed by atoms with Crippen LogP contribution in [0.5, 0.6) is 0 Å². The molecule has 1 aromatic carbocycles. The summed E-state index contributed by atoms with van der Waals surface area (Å²) in [5.41, 5.74) is 4.27. The van der Waals surface area contributed by atoms with Crippen molar-refractivity contribution in [3.05, 3.63) is 34.9 Å². The van der Waals surface area contributed by atoms with Crippen molar-refractivity contribution in [2.45, 2.75) is 65.1 Å². The maximum absolute atomic E-state index is 10.9. The number of piperidine rings is 1. The topological polar surface area (TPSA) is 59.0 Å². The van der Waals surface area contributed by atoms with Crippen LogP contribution in [0.3, 0.4) is 0 Å². The molecule has 2 aliphatic rings. The molecule has 2 heterocycles. The van der Waals surface area contributed by atoms with E-state index in [2.05, 4.69) is 58.9 Å². The van der Waals surface area contributed by atoms with Gasteiger partial charge in [-0.05, 0) is 63.5 Å². The van der Waals surface area contributed by atoms with Crippen LogP contribution in [0.25, 0.3) is 6.08 Å². The van der Waals surface area contributed by atoms with Crippen LogP contribution in [0, 0.1) is 0 Å². The Morgan fingerprint density at radius 3 is 2.32 bits per heavy atom. The number of carboxylic acid groups (broad SMARTS) is 1. The van der Waals surface area contributed by atoms with Gasteiger partial charge in [-0.25, -0.2) is 0 Å². The van der Waals surface area contributed by atoms with Gasteiger partial charge in [0.2, 0.25) is 0 Å². The summed E-state index contributed by atoms with van der Waals surface area (Å²) >= 11 is 0. The van der Waals surface area contributed by atoms with Crippen LogP contribution < -0.4 is 5.46 Å². The number of carboxylic acids is 1. The van der Waals surface area contributed by atoms with E-state index in [9.17, 15) is 4.79 Å². The second-order valence-corrected chi connectivity index (χ2v) is 8.83. The maximum atomic E-state index is 10.9. The molecule has 0 radical (unpaired) electrons. The van der Waals surface area contributed by atoms with E-state index in [0.29, 0.717) is 0 Å². The molecule has 2 fully saturated rings. The molecule has 152 valence electrons. The van der Waals surface area contributed by atoms with Gasteiger partial charge < -0.3 is 14.4 Å². The quantitative estimate of drug-likeness (QED) is 0.790. The highest BCUT2D eigenvalue weighted by Gasteiger charge is 2.52. The molecule has 3 rings (SSSR count). The number of hydrogen-bond donors (Lipinski definition) is 1. The minimum Gasteiger partial charge on any atom is -0.480 e. The van der Waals surface area contributed by atoms with Crippen molar-refractivity contribution in [2.24, 2.45) is 0 Å². The Morgan fingerprint density at radius 1 is 1.18 bits per heavy atom. The van der Waals surface area contributed by atoms with Crippen LogP contribution in [0.1, 0.15) is 58.6 Å². The van der Waals surface area contributed by atoms with Gasteiger partial charge in [-0.2, -0.15) is 0 Å². The highest BCUT2D eigenvalue weighted by atomic mass is 16.7. The van der Waals surface area contributed by atoms with E-state index >= 15 is 0 Å². The number of likely N-dealkylation sites (tertiary alicyclic amines) is 1. The van der Waals surface area contributed by atoms with Gasteiger partial charge in [0.1, 0.15) is 0 Å². The Bertz CT molecular complexity index is 746. The predicted octanol–water partition coefficient (Wildman–Crippen LogP) is 3.11. The normalized spacial score (nSPS) is 21.8. The van der Waals surface area contributed by atoms with E-state index < -0.39 is 5.97 Å². The molecule has 2 aliphatic heterocycles. The monoisotopic (exact) mass is 385 g/mol. The van der Waals surface area contributed by atoms with Crippen LogP contribution in [-0.4, -0.2) is 53.9 Å². The summed E-state index contributed by atoms with van der Waals surface area (Å²) in [6, 6.07) is 6.34. The number of rotatable bonds is 5. The summed E-state index contributed by atoms with van der Waals surface area (Å²) in [4.78, 5) is 12.9. The van der Waals surface area contributed by atoms with Crippen molar-refractivity contribution >= 4 is 24.6 Å². The first-order chi connectivity index (χ1) is 13.1. The number of benzene rings is 1. The Morgan fingerprint density at radius 2 is 1.79 bits per heavy atom. The lowest BCUT2D eigenvalue weighted by atomic mass is 9.74. The zero-order valence-electron chi connectivity index (χ0n) is 17.7. The molecule has 0 aliphatic carbocycles. The molecule has 0 aromatic heterocycles. The van der Waals surface area contributed by atoms with Gasteiger partial charge in [-0.1, -0.05) is 36.8 Å². The van der Waals surface area contributed by atoms with Crippen molar-refractivity contribution in [3.63, 3.8) is 0 Å². The van der Waals surface area contributed by atoms with Gasteiger partial charge >= 0.3 is 13.1 Å². The fraction of sp³-hybridized carbons (Fsp3) is 0.591. The second-order valence-electron chi connectivity index (χ2n) is 8.83. The first kappa shape index (κ1) is 21.1. The molecular weight excluding hydrogens is 353 g/mol. The first-order valence-corrected chi connectivity index (χ1v) is 10.2. The maximum Gasteiger partial charge on any atom is 0.495 e. The Balaban J connectivity index is 1.81. The third-order valence-electron chi connectivity index (χ3n) is 6.33. The van der Waals surface area contributed by atoms with Crippen LogP contribution in [0.15, 0.2) is 23.8 Å². The van der Waals surface area contributed by atoms with Crippen molar-refractivity contribution in [2.75, 3.05) is 19.6 Å². The fourth-order valence-electron chi connectivity index (χ4n) is 3.91. The molecule has 2 saturated heterocycles. The molecule has 28 heavy (non-hydrogen) atoms. The van der Waals surface area contributed by atoms with Crippen molar-refractivity contribution in [3.8, 4) is 0 Å². The number of carbonyl (C=O) groups is 1. The average molecular weight is 385 g/mol. The van der Waals surface area contributed by atoms with E-state index in [0.717, 1.165) is 37.8 Å². The summed E-state index contributed by atoms with van der Waals surface area (Å²) in [6.45, 7) is 12.2. The van der Waals surface area contributed by atoms with Crippen molar-refractivity contribution in [1.29, 1.82) is 0 Å².